The summed E-state index contributed by atoms with van der Waals surface area (Å²) in [6.45, 7) is 12.7. The second-order valence-electron chi connectivity index (χ2n) is 13.5. The summed E-state index contributed by atoms with van der Waals surface area (Å²) in [5.41, 5.74) is 12.1. The minimum absolute atomic E-state index is 0. The highest BCUT2D eigenvalue weighted by Gasteiger charge is 2.32. The molecule has 18 heteroatoms. The van der Waals surface area contributed by atoms with Crippen molar-refractivity contribution < 1.29 is 28.6 Å². The third kappa shape index (κ3) is 11.7. The molecule has 312 valence electrons. The maximum atomic E-state index is 13.2. The number of nitrogens with two attached hydrogens (primary N) is 1. The molecule has 3 amide bonds. The SMILES string of the molecule is C=C(/C=C\C(N)=NCCOCCOCCOCCNC(=O)C[C@@H]1N=C(c2ccc(Cl)cc2)c2c(sc(C)c2C)-n2c(C)nnc21)C(=O)Nc1ccc2c(c1)CC(=O)N2.S. The molecular weight excluding hydrogens is 814 g/mol. The summed E-state index contributed by atoms with van der Waals surface area (Å²) in [7, 11) is 0. The zero-order valence-electron chi connectivity index (χ0n) is 33.1. The van der Waals surface area contributed by atoms with Gasteiger partial charge in [-0.15, -0.1) is 21.5 Å². The molecule has 15 nitrogen and oxygen atoms in total. The van der Waals surface area contributed by atoms with Gasteiger partial charge in [0.15, 0.2) is 5.82 Å². The number of nitrogens with zero attached hydrogens (tertiary/aromatic N) is 5. The van der Waals surface area contributed by atoms with Crippen molar-refractivity contribution in [3.63, 3.8) is 0 Å². The zero-order chi connectivity index (χ0) is 41.2. The number of thiophene rings is 1. The Kier molecular flexibility index (Phi) is 16.1. The number of ether oxygens (including phenoxy) is 3. The van der Waals surface area contributed by atoms with Gasteiger partial charge in [0.2, 0.25) is 11.8 Å². The van der Waals surface area contributed by atoms with E-state index in [0.29, 0.717) is 69.3 Å². The number of amidine groups is 1. The summed E-state index contributed by atoms with van der Waals surface area (Å²) >= 11 is 7.87. The number of benzene rings is 2. The van der Waals surface area contributed by atoms with E-state index < -0.39 is 11.9 Å². The van der Waals surface area contributed by atoms with Crippen molar-refractivity contribution in [1.29, 1.82) is 0 Å². The first-order valence-corrected chi connectivity index (χ1v) is 19.9. The molecule has 1 atom stereocenters. The third-order valence-corrected chi connectivity index (χ3v) is 10.8. The number of aromatic nitrogens is 3. The predicted octanol–water partition coefficient (Wildman–Crippen LogP) is 5.07. The van der Waals surface area contributed by atoms with E-state index in [1.807, 2.05) is 35.8 Å². The molecule has 0 saturated heterocycles. The van der Waals surface area contributed by atoms with Crippen LogP contribution >= 0.6 is 36.4 Å². The Morgan fingerprint density at radius 3 is 2.49 bits per heavy atom. The number of carbonyl (C=O) groups is 3. The number of anilines is 2. The van der Waals surface area contributed by atoms with Gasteiger partial charge in [-0.2, -0.15) is 13.5 Å². The quantitative estimate of drug-likeness (QED) is 0.0327. The van der Waals surface area contributed by atoms with Crippen LogP contribution in [0.2, 0.25) is 5.02 Å². The molecule has 0 saturated carbocycles. The van der Waals surface area contributed by atoms with Gasteiger partial charge in [-0.05, 0) is 74.4 Å². The summed E-state index contributed by atoms with van der Waals surface area (Å²) in [6, 6.07) is 12.2. The molecule has 0 bridgehead atoms. The van der Waals surface area contributed by atoms with E-state index in [2.05, 4.69) is 51.6 Å². The van der Waals surface area contributed by atoms with E-state index >= 15 is 0 Å². The lowest BCUT2D eigenvalue weighted by Crippen LogP contribution is -2.29. The molecule has 2 aromatic heterocycles. The van der Waals surface area contributed by atoms with Crippen molar-refractivity contribution in [2.45, 2.75) is 39.7 Å². The maximum Gasteiger partial charge on any atom is 0.255 e. The van der Waals surface area contributed by atoms with Crippen LogP contribution in [-0.4, -0.2) is 96.8 Å². The molecule has 59 heavy (non-hydrogen) atoms. The van der Waals surface area contributed by atoms with Gasteiger partial charge in [0.05, 0.1) is 64.7 Å². The number of carbonyl (C=O) groups excluding carboxylic acids is 3. The van der Waals surface area contributed by atoms with E-state index in [-0.39, 0.29) is 49.6 Å². The van der Waals surface area contributed by atoms with Crippen LogP contribution in [0.5, 0.6) is 0 Å². The van der Waals surface area contributed by atoms with Gasteiger partial charge in [-0.3, -0.25) is 28.9 Å². The molecule has 6 rings (SSSR count). The zero-order valence-corrected chi connectivity index (χ0v) is 35.7. The normalized spacial score (nSPS) is 14.4. The smallest absolute Gasteiger partial charge is 0.255 e. The van der Waals surface area contributed by atoms with Crippen LogP contribution in [0.3, 0.4) is 0 Å². The first kappa shape index (κ1) is 44.9. The summed E-state index contributed by atoms with van der Waals surface area (Å²) in [5, 5.41) is 18.9. The van der Waals surface area contributed by atoms with Gasteiger partial charge in [0.1, 0.15) is 22.7 Å². The Balaban J connectivity index is 0.00000661. The lowest BCUT2D eigenvalue weighted by atomic mass is 9.99. The average Bonchev–Trinajstić information content (AvgIpc) is 3.83. The Morgan fingerprint density at radius 1 is 1.03 bits per heavy atom. The molecule has 5 N–H and O–H groups in total. The molecule has 0 spiro atoms. The number of aryl methyl sites for hydroxylation is 2. The first-order valence-electron chi connectivity index (χ1n) is 18.8. The molecule has 0 unspecified atom stereocenters. The molecule has 2 aliphatic rings. The lowest BCUT2D eigenvalue weighted by Gasteiger charge is -2.13. The number of hydrogen-bond acceptors (Lipinski definition) is 11. The fourth-order valence-corrected chi connectivity index (χ4v) is 7.60. The monoisotopic (exact) mass is 861 g/mol. The van der Waals surface area contributed by atoms with Gasteiger partial charge >= 0.3 is 0 Å². The fraction of sp³-hybridized carbons (Fsp3) is 0.341. The van der Waals surface area contributed by atoms with Gasteiger partial charge < -0.3 is 35.9 Å². The average molecular weight is 862 g/mol. The first-order chi connectivity index (χ1) is 28.0. The number of fused-ring (bicyclic) bond motifs is 4. The van der Waals surface area contributed by atoms with E-state index in [0.717, 1.165) is 44.5 Å². The fourth-order valence-electron chi connectivity index (χ4n) is 6.26. The van der Waals surface area contributed by atoms with Crippen molar-refractivity contribution in [2.75, 3.05) is 63.4 Å². The molecular formula is C41H48ClN9O6S2. The second-order valence-corrected chi connectivity index (χ2v) is 15.2. The summed E-state index contributed by atoms with van der Waals surface area (Å²) in [6.07, 6.45) is 3.36. The molecule has 0 aliphatic carbocycles. The van der Waals surface area contributed by atoms with Gasteiger partial charge in [-0.1, -0.05) is 30.3 Å². The molecule has 4 aromatic rings. The minimum Gasteiger partial charge on any atom is -0.384 e. The number of nitrogens with one attached hydrogen (secondary N) is 3. The Morgan fingerprint density at radius 2 is 1.75 bits per heavy atom. The van der Waals surface area contributed by atoms with Crippen molar-refractivity contribution in [3.05, 3.63) is 111 Å². The highest BCUT2D eigenvalue weighted by molar-refractivity contribution is 7.59. The molecule has 4 heterocycles. The van der Waals surface area contributed by atoms with Crippen LogP contribution < -0.4 is 21.7 Å². The van der Waals surface area contributed by atoms with Crippen molar-refractivity contribution in [3.8, 4) is 5.00 Å². The summed E-state index contributed by atoms with van der Waals surface area (Å²) in [5.74, 6) is 0.940. The standard InChI is InChI=1S/C41H46ClN9O6S.H2S/c1-24(40(54)46-31-10-11-32-29(21-31)22-36(53)47-32)5-12-34(43)44-13-15-55-17-19-57-20-18-56-16-14-45-35(52)23-33-39-50-49-27(4)51(39)41-37(25(2)26(3)58-41)38(48-33)28-6-8-30(42)9-7-28;/h5-12,21,33H,1,13-20,22-23H2,2-4H3,(H2,43,44)(H,45,52)(H,46,54)(H,47,53);1H2/b12-5-;/t33-;/m0./s1. The number of rotatable bonds is 19. The van der Waals surface area contributed by atoms with E-state index in [4.69, 9.17) is 36.5 Å². The lowest BCUT2D eigenvalue weighted by molar-refractivity contribution is -0.121. The number of hydrogen-bond donors (Lipinski definition) is 4. The summed E-state index contributed by atoms with van der Waals surface area (Å²) in [4.78, 5) is 47.7. The Labute approximate surface area is 358 Å². The second kappa shape index (κ2) is 21.2. The van der Waals surface area contributed by atoms with Gasteiger partial charge in [-0.25, -0.2) is 0 Å². The Hall–Kier alpha value is -5.17. The highest BCUT2D eigenvalue weighted by Crippen LogP contribution is 2.39. The minimum atomic E-state index is -0.551. The van der Waals surface area contributed by atoms with E-state index in [1.165, 1.54) is 17.0 Å². The summed E-state index contributed by atoms with van der Waals surface area (Å²) < 4.78 is 18.8. The van der Waals surface area contributed by atoms with E-state index in [9.17, 15) is 14.4 Å². The predicted molar refractivity (Wildman–Crippen MR) is 236 cm³/mol. The molecule has 2 aliphatic heterocycles. The van der Waals surface area contributed by atoms with E-state index in [1.54, 1.807) is 29.5 Å². The number of aliphatic imine (C=N–C) groups is 2. The molecule has 0 fully saturated rings. The number of amides is 3. The van der Waals surface area contributed by atoms with Crippen LogP contribution in [0.4, 0.5) is 11.4 Å². The van der Waals surface area contributed by atoms with Gasteiger partial charge in [0.25, 0.3) is 5.91 Å². The Bertz CT molecular complexity index is 2270. The van der Waals surface area contributed by atoms with Crippen LogP contribution in [0, 0.1) is 20.8 Å². The topological polar surface area (TPSA) is 196 Å². The van der Waals surface area contributed by atoms with Crippen LogP contribution in [0.25, 0.3) is 5.00 Å². The van der Waals surface area contributed by atoms with Crippen LogP contribution in [-0.2, 0) is 35.0 Å². The third-order valence-electron chi connectivity index (χ3n) is 9.31. The van der Waals surface area contributed by atoms with Gasteiger partial charge in [0, 0.05) is 44.5 Å². The maximum absolute atomic E-state index is 13.2. The van der Waals surface area contributed by atoms with Crippen molar-refractivity contribution >= 4 is 77.1 Å². The largest absolute Gasteiger partial charge is 0.384 e. The molecule has 2 aromatic carbocycles. The highest BCUT2D eigenvalue weighted by atomic mass is 35.5. The van der Waals surface area contributed by atoms with Crippen molar-refractivity contribution in [1.82, 2.24) is 20.1 Å². The van der Waals surface area contributed by atoms with Crippen molar-refractivity contribution in [2.24, 2.45) is 15.7 Å². The molecule has 0 radical (unpaired) electrons. The van der Waals surface area contributed by atoms with Crippen LogP contribution in [0.15, 0.2) is 76.8 Å². The van der Waals surface area contributed by atoms with Crippen LogP contribution in [0.1, 0.15) is 51.2 Å². The number of halogens is 1.